The maximum absolute atomic E-state index is 13.8. The average Bonchev–Trinajstić information content (AvgIpc) is 3.41. The molecule has 228 valence electrons. The second kappa shape index (κ2) is 13.4. The summed E-state index contributed by atoms with van der Waals surface area (Å²) >= 11 is 8.89. The summed E-state index contributed by atoms with van der Waals surface area (Å²) in [5.74, 6) is -0.466. The molecule has 3 amide bonds. The van der Waals surface area contributed by atoms with Crippen LogP contribution in [0.25, 0.3) is 5.57 Å². The third-order valence-electron chi connectivity index (χ3n) is 7.60. The Kier molecular flexibility index (Phi) is 9.11. The molecule has 4 aromatic rings. The molecule has 3 N–H and O–H groups in total. The number of ether oxygens (including phenoxy) is 1. The highest BCUT2D eigenvalue weighted by Gasteiger charge is 2.54. The fourth-order valence-electron chi connectivity index (χ4n) is 5.40. The summed E-state index contributed by atoms with van der Waals surface area (Å²) in [6.45, 7) is 1.83. The fraction of sp³-hybridized carbons (Fsp3) is 0.206. The molecular weight excluding hydrogens is 625 g/mol. The number of thiazole rings is 1. The number of hydrogen-bond donors (Lipinski definition) is 2. The van der Waals surface area contributed by atoms with Gasteiger partial charge in [0, 0.05) is 16.2 Å². The number of nitrogens with two attached hydrogens (primary N) is 1. The van der Waals surface area contributed by atoms with Crippen LogP contribution in [0.4, 0.5) is 0 Å². The lowest BCUT2D eigenvalue weighted by molar-refractivity contribution is -0.145. The lowest BCUT2D eigenvalue weighted by Crippen LogP contribution is -2.70. The van der Waals surface area contributed by atoms with Gasteiger partial charge in [-0.15, -0.1) is 23.1 Å². The summed E-state index contributed by atoms with van der Waals surface area (Å²) in [5, 5.41) is 3.37. The second-order valence-electron chi connectivity index (χ2n) is 10.7. The van der Waals surface area contributed by atoms with E-state index in [2.05, 4.69) is 5.32 Å². The summed E-state index contributed by atoms with van der Waals surface area (Å²) in [6.07, 6.45) is -0.276. The summed E-state index contributed by atoms with van der Waals surface area (Å²) in [4.78, 5) is 45.6. The van der Waals surface area contributed by atoms with Crippen molar-refractivity contribution in [2.24, 2.45) is 5.73 Å². The van der Waals surface area contributed by atoms with E-state index in [1.54, 1.807) is 4.90 Å². The number of carbonyl (C=O) groups is 3. The van der Waals surface area contributed by atoms with Crippen LogP contribution in [-0.2, 0) is 32.0 Å². The minimum absolute atomic E-state index is 0.0745. The number of aromatic nitrogens is 1. The molecule has 0 bridgehead atoms. The Balaban J connectivity index is 1.34. The van der Waals surface area contributed by atoms with Crippen LogP contribution in [0.3, 0.4) is 0 Å². The third-order valence-corrected chi connectivity index (χ3v) is 10.4. The molecule has 2 aliphatic rings. The molecule has 1 fully saturated rings. The van der Waals surface area contributed by atoms with Crippen molar-refractivity contribution in [1.29, 1.82) is 0 Å². The lowest BCUT2D eigenvalue weighted by atomic mass is 10.0. The van der Waals surface area contributed by atoms with Gasteiger partial charge >= 0.3 is 0 Å². The zero-order chi connectivity index (χ0) is 31.5. The molecule has 0 radical (unpaired) electrons. The van der Waals surface area contributed by atoms with E-state index in [9.17, 15) is 14.4 Å². The van der Waals surface area contributed by atoms with Gasteiger partial charge in [-0.05, 0) is 35.8 Å². The molecule has 8 nitrogen and oxygen atoms in total. The molecule has 3 heterocycles. The SMILES string of the molecule is Cc1nc(C2=C(C(=S)OC(c3ccccc3)c3ccccc3)N3C(=O)[C@@H](NC(=O)Cc4ccccc4)[C@H]3SC2)sc1CC(N)=O. The molecule has 2 aliphatic heterocycles. The smallest absolute Gasteiger partial charge is 0.253 e. The molecule has 11 heteroatoms. The molecule has 1 aromatic heterocycles. The van der Waals surface area contributed by atoms with E-state index in [4.69, 9.17) is 27.7 Å². The first-order chi connectivity index (χ1) is 21.8. The zero-order valence-electron chi connectivity index (χ0n) is 24.3. The third kappa shape index (κ3) is 6.56. The topological polar surface area (TPSA) is 115 Å². The van der Waals surface area contributed by atoms with Crippen LogP contribution in [-0.4, -0.2) is 49.8 Å². The van der Waals surface area contributed by atoms with Gasteiger partial charge in [0.1, 0.15) is 28.2 Å². The molecule has 1 saturated heterocycles. The summed E-state index contributed by atoms with van der Waals surface area (Å²) in [6, 6.07) is 28.2. The number of amides is 3. The predicted molar refractivity (Wildman–Crippen MR) is 180 cm³/mol. The fourth-order valence-corrected chi connectivity index (χ4v) is 8.28. The van der Waals surface area contributed by atoms with E-state index in [0.717, 1.165) is 27.1 Å². The highest BCUT2D eigenvalue weighted by molar-refractivity contribution is 8.00. The van der Waals surface area contributed by atoms with Gasteiger partial charge in [0.25, 0.3) is 5.91 Å². The number of thioether (sulfide) groups is 1. The lowest BCUT2D eigenvalue weighted by Gasteiger charge is -2.50. The van der Waals surface area contributed by atoms with Crippen molar-refractivity contribution in [3.05, 3.63) is 129 Å². The Labute approximate surface area is 274 Å². The van der Waals surface area contributed by atoms with Crippen molar-refractivity contribution in [2.45, 2.75) is 37.3 Å². The molecule has 6 rings (SSSR count). The Bertz CT molecular complexity index is 1740. The van der Waals surface area contributed by atoms with E-state index < -0.39 is 18.1 Å². The van der Waals surface area contributed by atoms with Gasteiger partial charge in [0.2, 0.25) is 16.9 Å². The number of carbonyl (C=O) groups excluding carboxylic acids is 3. The highest BCUT2D eigenvalue weighted by atomic mass is 32.2. The van der Waals surface area contributed by atoms with Crippen molar-refractivity contribution in [2.75, 3.05) is 5.75 Å². The minimum Gasteiger partial charge on any atom is -0.469 e. The average molecular weight is 655 g/mol. The largest absolute Gasteiger partial charge is 0.469 e. The Morgan fingerprint density at radius 2 is 1.60 bits per heavy atom. The molecule has 2 atom stereocenters. The van der Waals surface area contributed by atoms with Crippen molar-refractivity contribution >= 4 is 63.7 Å². The van der Waals surface area contributed by atoms with Crippen LogP contribution in [0.5, 0.6) is 0 Å². The van der Waals surface area contributed by atoms with Gasteiger partial charge in [0.15, 0.2) is 0 Å². The molecule has 0 unspecified atom stereocenters. The monoisotopic (exact) mass is 654 g/mol. The van der Waals surface area contributed by atoms with E-state index >= 15 is 0 Å². The standard InChI is InChI=1S/C34H30N4O4S3/c1-20-25(18-26(35)39)45-31(36-20)24-19-44-33-28(37-27(40)17-21-11-5-2-6-12-21)32(41)38(33)29(24)34(43)42-30(22-13-7-3-8-14-22)23-15-9-4-10-16-23/h2-16,28,30,33H,17-19H2,1H3,(H2,35,39)(H,37,40)/t28-,33-/m1/s1. The van der Waals surface area contributed by atoms with Crippen LogP contribution in [0.2, 0.25) is 0 Å². The van der Waals surface area contributed by atoms with Gasteiger partial charge in [-0.25, -0.2) is 4.98 Å². The second-order valence-corrected chi connectivity index (χ2v) is 13.3. The number of rotatable bonds is 10. The van der Waals surface area contributed by atoms with Gasteiger partial charge in [0.05, 0.1) is 18.5 Å². The first-order valence-corrected chi connectivity index (χ1v) is 16.6. The number of hydrogen-bond acceptors (Lipinski definition) is 8. The summed E-state index contributed by atoms with van der Waals surface area (Å²) in [7, 11) is 0. The van der Waals surface area contributed by atoms with Crippen molar-refractivity contribution in [1.82, 2.24) is 15.2 Å². The normalized spacial score (nSPS) is 17.5. The summed E-state index contributed by atoms with van der Waals surface area (Å²) < 4.78 is 6.60. The summed E-state index contributed by atoms with van der Waals surface area (Å²) in [5.41, 5.74) is 10.1. The Morgan fingerprint density at radius 3 is 2.20 bits per heavy atom. The number of aryl methyl sites for hydroxylation is 1. The van der Waals surface area contributed by atoms with Crippen LogP contribution in [0.15, 0.2) is 96.7 Å². The predicted octanol–water partition coefficient (Wildman–Crippen LogP) is 4.97. The zero-order valence-corrected chi connectivity index (χ0v) is 26.8. The Hall–Kier alpha value is -4.32. The van der Waals surface area contributed by atoms with Gasteiger partial charge in [-0.3, -0.25) is 19.3 Å². The van der Waals surface area contributed by atoms with Gasteiger partial charge < -0.3 is 15.8 Å². The molecule has 0 saturated carbocycles. The number of nitrogens with zero attached hydrogens (tertiary/aromatic N) is 2. The van der Waals surface area contributed by atoms with Crippen LogP contribution in [0, 0.1) is 6.92 Å². The minimum atomic E-state index is -0.701. The molecular formula is C34H30N4O4S3. The number of fused-ring (bicyclic) bond motifs is 1. The first-order valence-electron chi connectivity index (χ1n) is 14.4. The maximum atomic E-state index is 13.8. The van der Waals surface area contributed by atoms with E-state index in [-0.39, 0.29) is 35.1 Å². The van der Waals surface area contributed by atoms with Gasteiger partial charge in [-0.1, -0.05) is 91.0 Å². The van der Waals surface area contributed by atoms with E-state index in [0.29, 0.717) is 22.2 Å². The van der Waals surface area contributed by atoms with Crippen molar-refractivity contribution in [3.63, 3.8) is 0 Å². The molecule has 45 heavy (non-hydrogen) atoms. The van der Waals surface area contributed by atoms with Crippen LogP contribution in [0.1, 0.15) is 38.4 Å². The molecule has 3 aromatic carbocycles. The van der Waals surface area contributed by atoms with E-state index in [1.165, 1.54) is 23.1 Å². The quantitative estimate of drug-likeness (QED) is 0.183. The highest BCUT2D eigenvalue weighted by Crippen LogP contribution is 2.45. The van der Waals surface area contributed by atoms with Gasteiger partial charge in [-0.2, -0.15) is 0 Å². The molecule has 0 aliphatic carbocycles. The van der Waals surface area contributed by atoms with Crippen LogP contribution < -0.4 is 11.1 Å². The number of thiocarbonyl (C=S) groups is 1. The van der Waals surface area contributed by atoms with E-state index in [1.807, 2.05) is 97.9 Å². The number of β-lactam (4-membered cyclic amide) rings is 1. The maximum Gasteiger partial charge on any atom is 0.253 e. The first kappa shape index (κ1) is 30.7. The van der Waals surface area contributed by atoms with Crippen molar-refractivity contribution < 1.29 is 19.1 Å². The van der Waals surface area contributed by atoms with Crippen molar-refractivity contribution in [3.8, 4) is 0 Å². The molecule has 0 spiro atoms. The number of benzene rings is 3. The number of primary amides is 1. The van der Waals surface area contributed by atoms with Crippen LogP contribution >= 0.6 is 35.3 Å². The number of nitrogens with one attached hydrogen (secondary N) is 1. The Morgan fingerprint density at radius 1 is 1.00 bits per heavy atom.